The first kappa shape index (κ1) is 13.5. The molecule has 106 valence electrons. The van der Waals surface area contributed by atoms with Crippen molar-refractivity contribution in [2.75, 3.05) is 11.9 Å². The van der Waals surface area contributed by atoms with Gasteiger partial charge in [0.2, 0.25) is 5.95 Å². The fraction of sp³-hybridized carbons (Fsp3) is 0.176. The van der Waals surface area contributed by atoms with Crippen molar-refractivity contribution >= 4 is 16.9 Å². The fourth-order valence-electron chi connectivity index (χ4n) is 2.32. The molecule has 3 N–H and O–H groups in total. The van der Waals surface area contributed by atoms with Crippen LogP contribution in [-0.4, -0.2) is 22.6 Å². The summed E-state index contributed by atoms with van der Waals surface area (Å²) >= 11 is 0. The number of nitrogens with one attached hydrogen (secondary N) is 1. The highest BCUT2D eigenvalue weighted by atomic mass is 15.1. The van der Waals surface area contributed by atoms with Gasteiger partial charge in [0.05, 0.1) is 5.52 Å². The minimum atomic E-state index is 0.119. The second kappa shape index (κ2) is 6.33. The van der Waals surface area contributed by atoms with Gasteiger partial charge in [0, 0.05) is 24.2 Å². The Labute approximate surface area is 124 Å². The number of para-hydroxylation sites is 1. The number of nitrogens with zero attached hydrogens (tertiary/aromatic N) is 2. The summed E-state index contributed by atoms with van der Waals surface area (Å²) in [6.45, 7) is 0.533. The summed E-state index contributed by atoms with van der Waals surface area (Å²) < 4.78 is 0. The van der Waals surface area contributed by atoms with Crippen LogP contribution in [0.2, 0.25) is 0 Å². The predicted molar refractivity (Wildman–Crippen MR) is 86.1 cm³/mol. The lowest BCUT2D eigenvalue weighted by molar-refractivity contribution is 0.716. The van der Waals surface area contributed by atoms with E-state index in [2.05, 4.69) is 27.4 Å². The van der Waals surface area contributed by atoms with E-state index >= 15 is 0 Å². The summed E-state index contributed by atoms with van der Waals surface area (Å²) in [5, 5.41) is 4.36. The standard InChI is InChI=1S/C17H18N4/c18-11-15(10-13-6-2-1-3-7-13)20-17-19-12-14-8-4-5-9-16(14)21-17/h1-9,12,15H,10-11,18H2,(H,19,20,21). The Kier molecular flexibility index (Phi) is 4.07. The van der Waals surface area contributed by atoms with Gasteiger partial charge >= 0.3 is 0 Å². The third-order valence-corrected chi connectivity index (χ3v) is 3.43. The van der Waals surface area contributed by atoms with Gasteiger partial charge in [0.1, 0.15) is 0 Å². The maximum atomic E-state index is 5.86. The largest absolute Gasteiger partial charge is 0.350 e. The van der Waals surface area contributed by atoms with E-state index in [4.69, 9.17) is 5.73 Å². The van der Waals surface area contributed by atoms with Crippen LogP contribution >= 0.6 is 0 Å². The molecular formula is C17H18N4. The lowest BCUT2D eigenvalue weighted by Crippen LogP contribution is -2.31. The molecule has 0 amide bonds. The highest BCUT2D eigenvalue weighted by Crippen LogP contribution is 2.13. The van der Waals surface area contributed by atoms with Gasteiger partial charge in [-0.05, 0) is 18.1 Å². The molecule has 1 atom stereocenters. The minimum Gasteiger partial charge on any atom is -0.350 e. The molecule has 1 heterocycles. The van der Waals surface area contributed by atoms with Crippen LogP contribution in [0.3, 0.4) is 0 Å². The van der Waals surface area contributed by atoms with Gasteiger partial charge in [-0.3, -0.25) is 0 Å². The molecule has 0 saturated carbocycles. The van der Waals surface area contributed by atoms with E-state index in [9.17, 15) is 0 Å². The van der Waals surface area contributed by atoms with Crippen molar-refractivity contribution in [2.45, 2.75) is 12.5 Å². The van der Waals surface area contributed by atoms with Gasteiger partial charge in [0.15, 0.2) is 0 Å². The van der Waals surface area contributed by atoms with Crippen molar-refractivity contribution in [1.29, 1.82) is 0 Å². The first-order chi connectivity index (χ1) is 10.3. The molecule has 0 saturated heterocycles. The number of benzene rings is 2. The van der Waals surface area contributed by atoms with Gasteiger partial charge in [-0.2, -0.15) is 0 Å². The van der Waals surface area contributed by atoms with Crippen molar-refractivity contribution in [3.8, 4) is 0 Å². The zero-order valence-corrected chi connectivity index (χ0v) is 11.7. The molecule has 0 bridgehead atoms. The number of hydrogen-bond acceptors (Lipinski definition) is 4. The minimum absolute atomic E-state index is 0.119. The number of aromatic nitrogens is 2. The summed E-state index contributed by atoms with van der Waals surface area (Å²) in [7, 11) is 0. The maximum absolute atomic E-state index is 5.86. The van der Waals surface area contributed by atoms with Gasteiger partial charge in [-0.15, -0.1) is 0 Å². The van der Waals surface area contributed by atoms with Crippen molar-refractivity contribution in [3.63, 3.8) is 0 Å². The van der Waals surface area contributed by atoms with Crippen molar-refractivity contribution in [2.24, 2.45) is 5.73 Å². The number of hydrogen-bond donors (Lipinski definition) is 2. The summed E-state index contributed by atoms with van der Waals surface area (Å²) in [6.07, 6.45) is 2.69. The Morgan fingerprint density at radius 3 is 2.57 bits per heavy atom. The molecule has 3 aromatic rings. The molecule has 0 aliphatic heterocycles. The Hall–Kier alpha value is -2.46. The van der Waals surface area contributed by atoms with Crippen LogP contribution in [0, 0.1) is 0 Å². The molecule has 1 aromatic heterocycles. The summed E-state index contributed by atoms with van der Waals surface area (Å²) in [4.78, 5) is 8.89. The molecule has 0 aliphatic rings. The Bertz CT molecular complexity index is 712. The number of anilines is 1. The predicted octanol–water partition coefficient (Wildman–Crippen LogP) is 2.61. The maximum Gasteiger partial charge on any atom is 0.223 e. The van der Waals surface area contributed by atoms with Crippen LogP contribution < -0.4 is 11.1 Å². The van der Waals surface area contributed by atoms with Crippen LogP contribution in [-0.2, 0) is 6.42 Å². The quantitative estimate of drug-likeness (QED) is 0.753. The van der Waals surface area contributed by atoms with E-state index in [0.29, 0.717) is 12.5 Å². The molecular weight excluding hydrogens is 260 g/mol. The third-order valence-electron chi connectivity index (χ3n) is 3.43. The number of fused-ring (bicyclic) bond motifs is 1. The van der Waals surface area contributed by atoms with Crippen molar-refractivity contribution in [3.05, 3.63) is 66.4 Å². The van der Waals surface area contributed by atoms with Crippen molar-refractivity contribution in [1.82, 2.24) is 9.97 Å². The number of nitrogens with two attached hydrogens (primary N) is 1. The lowest BCUT2D eigenvalue weighted by atomic mass is 10.1. The van der Waals surface area contributed by atoms with E-state index in [1.54, 1.807) is 0 Å². The monoisotopic (exact) mass is 278 g/mol. The van der Waals surface area contributed by atoms with Gasteiger partial charge in [0.25, 0.3) is 0 Å². The normalized spacial score (nSPS) is 12.2. The van der Waals surface area contributed by atoms with Crippen LogP contribution in [0.15, 0.2) is 60.8 Å². The zero-order valence-electron chi connectivity index (χ0n) is 11.7. The van der Waals surface area contributed by atoms with Crippen LogP contribution in [0.4, 0.5) is 5.95 Å². The topological polar surface area (TPSA) is 63.8 Å². The Morgan fingerprint density at radius 1 is 1.00 bits per heavy atom. The van der Waals surface area contributed by atoms with E-state index < -0.39 is 0 Å². The average molecular weight is 278 g/mol. The molecule has 4 nitrogen and oxygen atoms in total. The fourth-order valence-corrected chi connectivity index (χ4v) is 2.32. The molecule has 0 fully saturated rings. The third kappa shape index (κ3) is 3.35. The first-order valence-corrected chi connectivity index (χ1v) is 7.07. The first-order valence-electron chi connectivity index (χ1n) is 7.07. The average Bonchev–Trinajstić information content (AvgIpc) is 2.55. The zero-order chi connectivity index (χ0) is 14.5. The Balaban J connectivity index is 1.76. The van der Waals surface area contributed by atoms with Gasteiger partial charge < -0.3 is 11.1 Å². The van der Waals surface area contributed by atoms with Crippen LogP contribution in [0.25, 0.3) is 10.9 Å². The van der Waals surface area contributed by atoms with Gasteiger partial charge in [-0.1, -0.05) is 48.5 Å². The van der Waals surface area contributed by atoms with E-state index in [1.165, 1.54) is 5.56 Å². The smallest absolute Gasteiger partial charge is 0.223 e. The molecule has 1 unspecified atom stereocenters. The molecule has 0 radical (unpaired) electrons. The molecule has 2 aromatic carbocycles. The molecule has 4 heteroatoms. The number of rotatable bonds is 5. The van der Waals surface area contributed by atoms with Crippen molar-refractivity contribution < 1.29 is 0 Å². The summed E-state index contributed by atoms with van der Waals surface area (Å²) in [5.41, 5.74) is 8.05. The lowest BCUT2D eigenvalue weighted by Gasteiger charge is -2.17. The van der Waals surface area contributed by atoms with Crippen LogP contribution in [0.5, 0.6) is 0 Å². The van der Waals surface area contributed by atoms with Crippen LogP contribution in [0.1, 0.15) is 5.56 Å². The molecule has 0 spiro atoms. The highest BCUT2D eigenvalue weighted by Gasteiger charge is 2.09. The summed E-state index contributed by atoms with van der Waals surface area (Å²) in [5.74, 6) is 0.625. The van der Waals surface area contributed by atoms with E-state index in [-0.39, 0.29) is 6.04 Å². The molecule has 0 aliphatic carbocycles. The van der Waals surface area contributed by atoms with Gasteiger partial charge in [-0.25, -0.2) is 9.97 Å². The second-order valence-corrected chi connectivity index (χ2v) is 5.02. The van der Waals surface area contributed by atoms with E-state index in [1.807, 2.05) is 48.7 Å². The molecule has 3 rings (SSSR count). The Morgan fingerprint density at radius 2 is 1.76 bits per heavy atom. The summed E-state index contributed by atoms with van der Waals surface area (Å²) in [6, 6.07) is 18.4. The molecule has 21 heavy (non-hydrogen) atoms. The highest BCUT2D eigenvalue weighted by molar-refractivity contribution is 5.78. The van der Waals surface area contributed by atoms with E-state index in [0.717, 1.165) is 17.3 Å². The SMILES string of the molecule is NCC(Cc1ccccc1)Nc1ncc2ccccc2n1. The second-order valence-electron chi connectivity index (χ2n) is 5.02.